The Hall–Kier alpha value is -2.14. The maximum absolute atomic E-state index is 5.97. The summed E-state index contributed by atoms with van der Waals surface area (Å²) in [6, 6.07) is 10.6. The average Bonchev–Trinajstić information content (AvgIpc) is 2.49. The average molecular weight is 283 g/mol. The largest absolute Gasteiger partial charge is 0.383 e. The first-order chi connectivity index (χ1) is 10.2. The number of piperidine rings is 1. The van der Waals surface area contributed by atoms with E-state index in [1.165, 1.54) is 5.56 Å². The van der Waals surface area contributed by atoms with Crippen molar-refractivity contribution < 1.29 is 0 Å². The molecule has 21 heavy (non-hydrogen) atoms. The summed E-state index contributed by atoms with van der Waals surface area (Å²) in [6.07, 6.45) is 3.96. The van der Waals surface area contributed by atoms with Gasteiger partial charge in [-0.3, -0.25) is 4.90 Å². The second-order valence-electron chi connectivity index (χ2n) is 5.60. The first-order valence-electron chi connectivity index (χ1n) is 7.36. The normalized spacial score (nSPS) is 17.0. The van der Waals surface area contributed by atoms with Crippen molar-refractivity contribution in [3.8, 4) is 0 Å². The fourth-order valence-electron chi connectivity index (χ4n) is 2.98. The topological polar surface area (TPSA) is 81.1 Å². The zero-order chi connectivity index (χ0) is 14.7. The van der Waals surface area contributed by atoms with Crippen molar-refractivity contribution in [3.05, 3.63) is 47.7 Å². The Bertz CT molecular complexity index is 591. The Morgan fingerprint density at radius 3 is 2.48 bits per heavy atom. The third-order valence-corrected chi connectivity index (χ3v) is 4.14. The zero-order valence-corrected chi connectivity index (χ0v) is 12.1. The van der Waals surface area contributed by atoms with Gasteiger partial charge in [0.15, 0.2) is 0 Å². The molecule has 3 rings (SSSR count). The molecule has 0 bridgehead atoms. The van der Waals surface area contributed by atoms with E-state index in [1.807, 2.05) is 0 Å². The third-order valence-electron chi connectivity index (χ3n) is 4.14. The number of hydrogen-bond donors (Lipinski definition) is 2. The Kier molecular flexibility index (Phi) is 4.01. The molecule has 5 nitrogen and oxygen atoms in total. The molecular weight excluding hydrogens is 262 g/mol. The third kappa shape index (κ3) is 3.31. The minimum absolute atomic E-state index is 0.248. The summed E-state index contributed by atoms with van der Waals surface area (Å²) in [5, 5.41) is 0. The lowest BCUT2D eigenvalue weighted by molar-refractivity contribution is 0.204. The highest BCUT2D eigenvalue weighted by atomic mass is 15.1. The predicted molar refractivity (Wildman–Crippen MR) is 84.6 cm³/mol. The molecule has 2 aromatic rings. The molecule has 0 aliphatic carbocycles. The second kappa shape index (κ2) is 6.10. The molecule has 1 aromatic heterocycles. The van der Waals surface area contributed by atoms with E-state index in [2.05, 4.69) is 45.2 Å². The standard InChI is InChI=1S/C16H21N5/c17-15-14(10-19-16(18)20-15)13-6-8-21(9-7-13)11-12-4-2-1-3-5-12/h1-5,10,13H,6-9,11H2,(H4,17,18,19,20). The monoisotopic (exact) mass is 283 g/mol. The highest BCUT2D eigenvalue weighted by Gasteiger charge is 2.23. The van der Waals surface area contributed by atoms with Gasteiger partial charge in [0.1, 0.15) is 5.82 Å². The van der Waals surface area contributed by atoms with Crippen molar-refractivity contribution in [2.75, 3.05) is 24.6 Å². The molecule has 0 amide bonds. The molecule has 1 saturated heterocycles. The van der Waals surface area contributed by atoms with Gasteiger partial charge in [-0.1, -0.05) is 30.3 Å². The summed E-state index contributed by atoms with van der Waals surface area (Å²) in [6.45, 7) is 3.16. The van der Waals surface area contributed by atoms with E-state index in [4.69, 9.17) is 11.5 Å². The van der Waals surface area contributed by atoms with E-state index < -0.39 is 0 Å². The van der Waals surface area contributed by atoms with E-state index in [9.17, 15) is 0 Å². The van der Waals surface area contributed by atoms with Crippen molar-refractivity contribution in [3.63, 3.8) is 0 Å². The molecule has 0 radical (unpaired) electrons. The van der Waals surface area contributed by atoms with Crippen LogP contribution in [0.1, 0.15) is 29.9 Å². The lowest BCUT2D eigenvalue weighted by Crippen LogP contribution is -2.32. The molecule has 1 aromatic carbocycles. The fourth-order valence-corrected chi connectivity index (χ4v) is 2.98. The summed E-state index contributed by atoms with van der Waals surface area (Å²) in [5.41, 5.74) is 13.9. The summed E-state index contributed by atoms with van der Waals surface area (Å²) < 4.78 is 0. The summed E-state index contributed by atoms with van der Waals surface area (Å²) >= 11 is 0. The van der Waals surface area contributed by atoms with Crippen LogP contribution in [0.15, 0.2) is 36.5 Å². The number of nitrogens with two attached hydrogens (primary N) is 2. The van der Waals surface area contributed by atoms with Crippen LogP contribution in [0.2, 0.25) is 0 Å². The Labute approximate surface area is 125 Å². The quantitative estimate of drug-likeness (QED) is 0.900. The number of aromatic nitrogens is 2. The Morgan fingerprint density at radius 1 is 1.10 bits per heavy atom. The lowest BCUT2D eigenvalue weighted by Gasteiger charge is -2.32. The van der Waals surface area contributed by atoms with E-state index in [1.54, 1.807) is 6.20 Å². The molecule has 0 unspecified atom stereocenters. The Morgan fingerprint density at radius 2 is 1.81 bits per heavy atom. The van der Waals surface area contributed by atoms with Crippen molar-refractivity contribution in [1.29, 1.82) is 0 Å². The van der Waals surface area contributed by atoms with Crippen molar-refractivity contribution in [2.45, 2.75) is 25.3 Å². The van der Waals surface area contributed by atoms with Gasteiger partial charge in [-0.05, 0) is 37.4 Å². The second-order valence-corrected chi connectivity index (χ2v) is 5.60. The number of likely N-dealkylation sites (tertiary alicyclic amines) is 1. The molecule has 0 saturated carbocycles. The zero-order valence-electron chi connectivity index (χ0n) is 12.1. The van der Waals surface area contributed by atoms with E-state index >= 15 is 0 Å². The number of rotatable bonds is 3. The molecule has 5 heteroatoms. The number of nitrogens with zero attached hydrogens (tertiary/aromatic N) is 3. The molecule has 1 aliphatic rings. The highest BCUT2D eigenvalue weighted by Crippen LogP contribution is 2.31. The summed E-state index contributed by atoms with van der Waals surface area (Å²) in [4.78, 5) is 10.6. The molecule has 1 fully saturated rings. The summed E-state index contributed by atoms with van der Waals surface area (Å²) in [7, 11) is 0. The van der Waals surface area contributed by atoms with Crippen LogP contribution in [-0.4, -0.2) is 28.0 Å². The van der Waals surface area contributed by atoms with Crippen molar-refractivity contribution in [2.24, 2.45) is 0 Å². The van der Waals surface area contributed by atoms with Gasteiger partial charge in [-0.2, -0.15) is 4.98 Å². The first kappa shape index (κ1) is 13.8. The molecule has 4 N–H and O–H groups in total. The minimum Gasteiger partial charge on any atom is -0.383 e. The molecule has 110 valence electrons. The molecule has 0 atom stereocenters. The van der Waals surface area contributed by atoms with Crippen molar-refractivity contribution in [1.82, 2.24) is 14.9 Å². The highest BCUT2D eigenvalue weighted by molar-refractivity contribution is 5.43. The van der Waals surface area contributed by atoms with Crippen LogP contribution in [0.5, 0.6) is 0 Å². The SMILES string of the molecule is Nc1ncc(C2CCN(Cc3ccccc3)CC2)c(N)n1. The summed E-state index contributed by atoms with van der Waals surface area (Å²) in [5.74, 6) is 1.22. The number of nitrogen functional groups attached to an aromatic ring is 2. The first-order valence-corrected chi connectivity index (χ1v) is 7.36. The van der Waals surface area contributed by atoms with Crippen molar-refractivity contribution >= 4 is 11.8 Å². The van der Waals surface area contributed by atoms with E-state index in [0.29, 0.717) is 11.7 Å². The van der Waals surface area contributed by atoms with Gasteiger partial charge in [-0.15, -0.1) is 0 Å². The van der Waals surface area contributed by atoms with Gasteiger partial charge in [0.05, 0.1) is 0 Å². The van der Waals surface area contributed by atoms with Gasteiger partial charge < -0.3 is 11.5 Å². The van der Waals surface area contributed by atoms with Gasteiger partial charge in [0.25, 0.3) is 0 Å². The predicted octanol–water partition coefficient (Wildman–Crippen LogP) is 2.02. The number of hydrogen-bond acceptors (Lipinski definition) is 5. The molecule has 2 heterocycles. The van der Waals surface area contributed by atoms with Gasteiger partial charge in [-0.25, -0.2) is 4.98 Å². The molecular formula is C16H21N5. The molecule has 1 aliphatic heterocycles. The maximum atomic E-state index is 5.97. The van der Waals surface area contributed by atoms with Gasteiger partial charge >= 0.3 is 0 Å². The van der Waals surface area contributed by atoms with Crippen LogP contribution in [0.4, 0.5) is 11.8 Å². The number of benzene rings is 1. The maximum Gasteiger partial charge on any atom is 0.221 e. The van der Waals surface area contributed by atoms with Crippen LogP contribution in [0.3, 0.4) is 0 Å². The van der Waals surface area contributed by atoms with Crippen LogP contribution >= 0.6 is 0 Å². The van der Waals surface area contributed by atoms with E-state index in [0.717, 1.165) is 38.0 Å². The van der Waals surface area contributed by atoms with Crippen LogP contribution in [0, 0.1) is 0 Å². The van der Waals surface area contributed by atoms with Gasteiger partial charge in [0, 0.05) is 18.3 Å². The fraction of sp³-hybridized carbons (Fsp3) is 0.375. The van der Waals surface area contributed by atoms with Crippen LogP contribution < -0.4 is 11.5 Å². The van der Waals surface area contributed by atoms with Crippen LogP contribution in [0.25, 0.3) is 0 Å². The smallest absolute Gasteiger partial charge is 0.221 e. The number of anilines is 2. The lowest BCUT2D eigenvalue weighted by atomic mass is 9.90. The van der Waals surface area contributed by atoms with Crippen LogP contribution in [-0.2, 0) is 6.54 Å². The van der Waals surface area contributed by atoms with Gasteiger partial charge in [0.2, 0.25) is 5.95 Å². The minimum atomic E-state index is 0.248. The van der Waals surface area contributed by atoms with E-state index in [-0.39, 0.29) is 5.95 Å². The Balaban J connectivity index is 1.60. The molecule has 0 spiro atoms.